The summed E-state index contributed by atoms with van der Waals surface area (Å²) in [6.45, 7) is 5.70. The molecule has 104 valence electrons. The van der Waals surface area contributed by atoms with Crippen molar-refractivity contribution in [2.45, 2.75) is 32.5 Å². The minimum atomic E-state index is 0.297. The van der Waals surface area contributed by atoms with Gasteiger partial charge >= 0.3 is 0 Å². The monoisotopic (exact) mass is 282 g/mol. The summed E-state index contributed by atoms with van der Waals surface area (Å²) in [6.07, 6.45) is 3.82. The summed E-state index contributed by atoms with van der Waals surface area (Å²) >= 11 is 5.92. The summed E-state index contributed by atoms with van der Waals surface area (Å²) in [4.78, 5) is 11.0. The van der Waals surface area contributed by atoms with Gasteiger partial charge < -0.3 is 15.0 Å². The van der Waals surface area contributed by atoms with Gasteiger partial charge in [0.25, 0.3) is 0 Å². The second-order valence-corrected chi connectivity index (χ2v) is 5.43. The highest BCUT2D eigenvalue weighted by atomic mass is 35.5. The molecule has 1 aromatic rings. The number of aromatic nitrogens is 2. The highest BCUT2D eigenvalue weighted by Gasteiger charge is 2.19. The van der Waals surface area contributed by atoms with E-state index < -0.39 is 0 Å². The maximum absolute atomic E-state index is 5.92. The Morgan fingerprint density at radius 3 is 2.89 bits per heavy atom. The van der Waals surface area contributed by atoms with Gasteiger partial charge in [0.1, 0.15) is 5.82 Å². The van der Waals surface area contributed by atoms with Crippen molar-refractivity contribution in [2.24, 2.45) is 0 Å². The number of nitrogens with zero attached hydrogens (tertiary/aromatic N) is 3. The van der Waals surface area contributed by atoms with Crippen molar-refractivity contribution in [1.29, 1.82) is 0 Å². The minimum Gasteiger partial charge on any atom is -0.370 e. The van der Waals surface area contributed by atoms with Crippen molar-refractivity contribution in [3.8, 4) is 0 Å². The van der Waals surface area contributed by atoms with Gasteiger partial charge in [-0.3, -0.25) is 0 Å². The van der Waals surface area contributed by atoms with Crippen LogP contribution < -0.4 is 5.32 Å². The van der Waals surface area contributed by atoms with Gasteiger partial charge in [-0.2, -0.15) is 0 Å². The maximum Gasteiger partial charge on any atom is 0.224 e. The molecule has 3 rings (SSSR count). The molecular formula is C13H19ClN4O. The highest BCUT2D eigenvalue weighted by Crippen LogP contribution is 2.25. The fraction of sp³-hybridized carbons (Fsp3) is 0.692. The van der Waals surface area contributed by atoms with E-state index in [0.29, 0.717) is 18.5 Å². The van der Waals surface area contributed by atoms with Gasteiger partial charge in [0.05, 0.1) is 18.9 Å². The molecule has 1 N–H and O–H groups in total. The quantitative estimate of drug-likeness (QED) is 0.662. The zero-order chi connectivity index (χ0) is 13.1. The number of ether oxygens (including phenoxy) is 1. The van der Waals surface area contributed by atoms with Crippen molar-refractivity contribution in [3.63, 3.8) is 0 Å². The molecule has 0 atom stereocenters. The number of hydrogen-bond acceptors (Lipinski definition) is 5. The molecule has 0 aromatic carbocycles. The first-order valence-corrected chi connectivity index (χ1v) is 7.30. The molecule has 0 aliphatic carbocycles. The van der Waals surface area contributed by atoms with Gasteiger partial charge in [0, 0.05) is 12.1 Å². The molecule has 0 bridgehead atoms. The molecule has 6 heteroatoms. The van der Waals surface area contributed by atoms with Crippen LogP contribution in [0.1, 0.15) is 30.5 Å². The molecule has 3 heterocycles. The number of rotatable bonds is 5. The molecular weight excluding hydrogens is 264 g/mol. The molecule has 0 radical (unpaired) electrons. The normalized spacial score (nSPS) is 18.8. The summed E-state index contributed by atoms with van der Waals surface area (Å²) in [7, 11) is 0. The average molecular weight is 283 g/mol. The van der Waals surface area contributed by atoms with Crippen molar-refractivity contribution in [2.75, 3.05) is 31.5 Å². The average Bonchev–Trinajstić information content (AvgIpc) is 3.04. The summed E-state index contributed by atoms with van der Waals surface area (Å²) in [5, 5.41) is 3.67. The fourth-order valence-corrected chi connectivity index (χ4v) is 2.87. The summed E-state index contributed by atoms with van der Waals surface area (Å²) in [5.41, 5.74) is 1.98. The van der Waals surface area contributed by atoms with Crippen LogP contribution in [-0.2, 0) is 18.0 Å². The van der Waals surface area contributed by atoms with Crippen LogP contribution >= 0.6 is 11.6 Å². The number of halogens is 1. The standard InChI is InChI=1S/C13H19ClN4O/c14-13-16-11-9-19-8-10(11)12(17-13)15-4-3-7-18-5-1-2-6-18/h1-9H2,(H,15,16,17). The van der Waals surface area contributed by atoms with Crippen LogP contribution in [0.25, 0.3) is 0 Å². The molecule has 0 amide bonds. The van der Waals surface area contributed by atoms with Crippen LogP contribution in [0.15, 0.2) is 0 Å². The number of anilines is 1. The number of hydrogen-bond donors (Lipinski definition) is 1. The Morgan fingerprint density at radius 2 is 2.05 bits per heavy atom. The van der Waals surface area contributed by atoms with Crippen LogP contribution in [0.4, 0.5) is 5.82 Å². The van der Waals surface area contributed by atoms with E-state index in [-0.39, 0.29) is 0 Å². The third-order valence-corrected chi connectivity index (χ3v) is 3.86. The molecule has 0 unspecified atom stereocenters. The summed E-state index contributed by atoms with van der Waals surface area (Å²) < 4.78 is 5.39. The van der Waals surface area contributed by atoms with E-state index in [1.807, 2.05) is 0 Å². The Hall–Kier alpha value is -0.910. The predicted molar refractivity (Wildman–Crippen MR) is 74.3 cm³/mol. The van der Waals surface area contributed by atoms with E-state index in [0.717, 1.165) is 36.6 Å². The van der Waals surface area contributed by atoms with Crippen LogP contribution in [0.5, 0.6) is 0 Å². The van der Waals surface area contributed by atoms with Crippen LogP contribution in [0.2, 0.25) is 5.28 Å². The van der Waals surface area contributed by atoms with E-state index in [9.17, 15) is 0 Å². The largest absolute Gasteiger partial charge is 0.370 e. The lowest BCUT2D eigenvalue weighted by Crippen LogP contribution is -2.22. The van der Waals surface area contributed by atoms with Crippen molar-refractivity contribution < 1.29 is 4.74 Å². The molecule has 5 nitrogen and oxygen atoms in total. The Labute approximate surface area is 118 Å². The van der Waals surface area contributed by atoms with Crippen molar-refractivity contribution in [3.05, 3.63) is 16.5 Å². The second-order valence-electron chi connectivity index (χ2n) is 5.09. The lowest BCUT2D eigenvalue weighted by Gasteiger charge is -2.15. The molecule has 19 heavy (non-hydrogen) atoms. The van der Waals surface area contributed by atoms with Gasteiger partial charge in [-0.15, -0.1) is 0 Å². The SMILES string of the molecule is Clc1nc2c(c(NCCCN3CCCC3)n1)COC2. The van der Waals surface area contributed by atoms with Crippen molar-refractivity contribution in [1.82, 2.24) is 14.9 Å². The fourth-order valence-electron chi connectivity index (χ4n) is 2.68. The van der Waals surface area contributed by atoms with Gasteiger partial charge in [0.15, 0.2) is 0 Å². The Bertz CT molecular complexity index is 449. The first kappa shape index (κ1) is 13.1. The van der Waals surface area contributed by atoms with Crippen LogP contribution in [0, 0.1) is 0 Å². The zero-order valence-corrected chi connectivity index (χ0v) is 11.7. The summed E-state index contributed by atoms with van der Waals surface area (Å²) in [6, 6.07) is 0. The Morgan fingerprint density at radius 1 is 1.21 bits per heavy atom. The van der Waals surface area contributed by atoms with Gasteiger partial charge in [0.2, 0.25) is 5.28 Å². The van der Waals surface area contributed by atoms with E-state index in [2.05, 4.69) is 20.2 Å². The molecule has 0 spiro atoms. The lowest BCUT2D eigenvalue weighted by molar-refractivity contribution is 0.133. The minimum absolute atomic E-state index is 0.297. The first-order chi connectivity index (χ1) is 9.33. The van der Waals surface area contributed by atoms with Gasteiger partial charge in [-0.05, 0) is 50.5 Å². The highest BCUT2D eigenvalue weighted by molar-refractivity contribution is 6.28. The lowest BCUT2D eigenvalue weighted by atomic mass is 10.2. The van der Waals surface area contributed by atoms with Crippen LogP contribution in [0.3, 0.4) is 0 Å². The smallest absolute Gasteiger partial charge is 0.224 e. The van der Waals surface area contributed by atoms with E-state index in [4.69, 9.17) is 16.3 Å². The topological polar surface area (TPSA) is 50.3 Å². The predicted octanol–water partition coefficient (Wildman–Crippen LogP) is 2.06. The van der Waals surface area contributed by atoms with E-state index in [1.54, 1.807) is 0 Å². The molecule has 2 aliphatic rings. The zero-order valence-electron chi connectivity index (χ0n) is 11.0. The maximum atomic E-state index is 5.92. The van der Waals surface area contributed by atoms with Crippen molar-refractivity contribution >= 4 is 17.4 Å². The Balaban J connectivity index is 1.52. The molecule has 1 aromatic heterocycles. The number of fused-ring (bicyclic) bond motifs is 1. The third-order valence-electron chi connectivity index (χ3n) is 3.69. The molecule has 2 aliphatic heterocycles. The first-order valence-electron chi connectivity index (χ1n) is 6.92. The number of likely N-dealkylation sites (tertiary alicyclic amines) is 1. The molecule has 0 saturated carbocycles. The van der Waals surface area contributed by atoms with Gasteiger partial charge in [-0.1, -0.05) is 0 Å². The third kappa shape index (κ3) is 3.16. The van der Waals surface area contributed by atoms with Crippen LogP contribution in [-0.4, -0.2) is 41.0 Å². The van der Waals surface area contributed by atoms with E-state index in [1.165, 1.54) is 25.9 Å². The number of nitrogens with one attached hydrogen (secondary N) is 1. The van der Waals surface area contributed by atoms with Gasteiger partial charge in [-0.25, -0.2) is 9.97 Å². The summed E-state index contributed by atoms with van der Waals surface area (Å²) in [5.74, 6) is 0.842. The van der Waals surface area contributed by atoms with E-state index >= 15 is 0 Å². The molecule has 1 saturated heterocycles. The second kappa shape index (κ2) is 6.03. The Kier molecular flexibility index (Phi) is 4.15. The molecule has 1 fully saturated rings.